The molecule has 2 rings (SSSR count). The van der Waals surface area contributed by atoms with Gasteiger partial charge in [-0.25, -0.2) is 30.4 Å². The van der Waals surface area contributed by atoms with Gasteiger partial charge in [-0.3, -0.25) is 10.1 Å². The SMILES string of the molecule is COc1ccc(CS(=O)(=O)/C(=C\c2c(F)c(F)c(F)c(F)c2F)[N+](=O)[O-])cc1OC. The van der Waals surface area contributed by atoms with Crippen LogP contribution in [0.1, 0.15) is 11.1 Å². The number of sulfone groups is 1. The third kappa shape index (κ3) is 4.35. The Morgan fingerprint density at radius 2 is 1.47 bits per heavy atom. The van der Waals surface area contributed by atoms with E-state index in [-0.39, 0.29) is 23.1 Å². The Morgan fingerprint density at radius 1 is 0.967 bits per heavy atom. The Hall–Kier alpha value is -3.22. The molecule has 0 aliphatic carbocycles. The molecule has 0 heterocycles. The molecule has 2 aromatic carbocycles. The topological polar surface area (TPSA) is 95.7 Å². The maximum absolute atomic E-state index is 13.8. The van der Waals surface area contributed by atoms with Crippen molar-refractivity contribution >= 4 is 15.9 Å². The Balaban J connectivity index is 2.60. The van der Waals surface area contributed by atoms with Crippen LogP contribution in [0.25, 0.3) is 6.08 Å². The van der Waals surface area contributed by atoms with Gasteiger partial charge in [0.1, 0.15) is 0 Å². The summed E-state index contributed by atoms with van der Waals surface area (Å²) in [6, 6.07) is 3.73. The summed E-state index contributed by atoms with van der Waals surface area (Å²) in [5, 5.41) is 9.47. The van der Waals surface area contributed by atoms with E-state index in [0.29, 0.717) is 0 Å². The van der Waals surface area contributed by atoms with E-state index < -0.39 is 60.2 Å². The first-order valence-electron chi connectivity index (χ1n) is 7.75. The molecule has 0 atom stereocenters. The van der Waals surface area contributed by atoms with Crippen LogP contribution in [-0.2, 0) is 15.6 Å². The van der Waals surface area contributed by atoms with Gasteiger partial charge < -0.3 is 9.47 Å². The Bertz CT molecular complexity index is 1120. The van der Waals surface area contributed by atoms with Crippen LogP contribution in [0.2, 0.25) is 0 Å². The van der Waals surface area contributed by atoms with E-state index in [1.54, 1.807) is 0 Å². The number of ether oxygens (including phenoxy) is 2. The summed E-state index contributed by atoms with van der Waals surface area (Å²) < 4.78 is 102. The maximum Gasteiger partial charge on any atom is 0.360 e. The summed E-state index contributed by atoms with van der Waals surface area (Å²) in [6.07, 6.45) is -0.216. The average Bonchev–Trinajstić information content (AvgIpc) is 2.69. The molecule has 0 saturated carbocycles. The minimum atomic E-state index is -4.89. The van der Waals surface area contributed by atoms with Crippen molar-refractivity contribution in [3.05, 3.63) is 73.6 Å². The van der Waals surface area contributed by atoms with Crippen LogP contribution in [-0.4, -0.2) is 27.6 Å². The van der Waals surface area contributed by atoms with Crippen LogP contribution in [0.5, 0.6) is 11.5 Å². The van der Waals surface area contributed by atoms with Crippen molar-refractivity contribution in [2.24, 2.45) is 0 Å². The quantitative estimate of drug-likeness (QED) is 0.209. The number of hydrogen-bond donors (Lipinski definition) is 0. The second kappa shape index (κ2) is 8.65. The average molecular weight is 453 g/mol. The third-order valence-electron chi connectivity index (χ3n) is 3.81. The largest absolute Gasteiger partial charge is 0.493 e. The Kier molecular flexibility index (Phi) is 6.65. The van der Waals surface area contributed by atoms with Crippen molar-refractivity contribution in [1.29, 1.82) is 0 Å². The highest BCUT2D eigenvalue weighted by Gasteiger charge is 2.33. The van der Waals surface area contributed by atoms with Crippen LogP contribution in [0, 0.1) is 39.2 Å². The van der Waals surface area contributed by atoms with Gasteiger partial charge in [0.05, 0.1) is 30.5 Å². The van der Waals surface area contributed by atoms with Crippen LogP contribution in [0.15, 0.2) is 23.2 Å². The van der Waals surface area contributed by atoms with Crippen molar-refractivity contribution in [3.8, 4) is 11.5 Å². The van der Waals surface area contributed by atoms with Crippen LogP contribution in [0.4, 0.5) is 22.0 Å². The van der Waals surface area contributed by atoms with Crippen molar-refractivity contribution in [2.75, 3.05) is 14.2 Å². The second-order valence-corrected chi connectivity index (χ2v) is 7.61. The molecule has 0 N–H and O–H groups in total. The summed E-state index contributed by atoms with van der Waals surface area (Å²) in [5.41, 5.74) is -1.79. The maximum atomic E-state index is 13.8. The molecule has 162 valence electrons. The fourth-order valence-corrected chi connectivity index (χ4v) is 3.68. The molecular weight excluding hydrogens is 441 g/mol. The Labute approximate surface area is 166 Å². The van der Waals surface area contributed by atoms with Crippen molar-refractivity contribution in [1.82, 2.24) is 0 Å². The molecule has 0 fully saturated rings. The number of nitrogens with zero attached hydrogens (tertiary/aromatic N) is 1. The van der Waals surface area contributed by atoms with E-state index in [1.807, 2.05) is 0 Å². The summed E-state index contributed by atoms with van der Waals surface area (Å²) in [5.74, 6) is -12.8. The first kappa shape index (κ1) is 23.1. The predicted molar refractivity (Wildman–Crippen MR) is 93.4 cm³/mol. The van der Waals surface area contributed by atoms with Crippen LogP contribution < -0.4 is 9.47 Å². The molecule has 2 aromatic rings. The van der Waals surface area contributed by atoms with Gasteiger partial charge in [0.2, 0.25) is 15.7 Å². The lowest BCUT2D eigenvalue weighted by molar-refractivity contribution is -0.410. The molecule has 30 heavy (non-hydrogen) atoms. The predicted octanol–water partition coefficient (Wildman–Crippen LogP) is 3.59. The summed E-state index contributed by atoms with van der Waals surface area (Å²) in [6.45, 7) is 0. The van der Waals surface area contributed by atoms with E-state index in [0.717, 1.165) is 0 Å². The molecule has 0 bridgehead atoms. The van der Waals surface area contributed by atoms with Gasteiger partial charge in [-0.15, -0.1) is 0 Å². The summed E-state index contributed by atoms with van der Waals surface area (Å²) in [7, 11) is -2.33. The van der Waals surface area contributed by atoms with Gasteiger partial charge in [0.15, 0.2) is 34.8 Å². The van der Waals surface area contributed by atoms with E-state index in [9.17, 15) is 40.5 Å². The highest BCUT2D eigenvalue weighted by molar-refractivity contribution is 7.94. The fraction of sp³-hybridized carbons (Fsp3) is 0.176. The lowest BCUT2D eigenvalue weighted by Gasteiger charge is -2.09. The molecule has 0 unspecified atom stereocenters. The van der Waals surface area contributed by atoms with Gasteiger partial charge in [0.25, 0.3) is 0 Å². The molecule has 7 nitrogen and oxygen atoms in total. The zero-order valence-corrected chi connectivity index (χ0v) is 16.0. The number of benzene rings is 2. The van der Waals surface area contributed by atoms with Gasteiger partial charge in [-0.1, -0.05) is 6.07 Å². The Morgan fingerprint density at radius 3 is 1.93 bits per heavy atom. The van der Waals surface area contributed by atoms with Crippen LogP contribution in [0.3, 0.4) is 0 Å². The van der Waals surface area contributed by atoms with Crippen molar-refractivity contribution < 1.29 is 44.8 Å². The molecule has 0 radical (unpaired) electrons. The van der Waals surface area contributed by atoms with E-state index in [2.05, 4.69) is 0 Å². The number of methoxy groups -OCH3 is 2. The lowest BCUT2D eigenvalue weighted by atomic mass is 10.1. The van der Waals surface area contributed by atoms with Crippen molar-refractivity contribution in [3.63, 3.8) is 0 Å². The molecule has 0 aromatic heterocycles. The molecule has 13 heteroatoms. The molecule has 0 aliphatic heterocycles. The lowest BCUT2D eigenvalue weighted by Crippen LogP contribution is -2.15. The number of rotatable bonds is 7. The minimum absolute atomic E-state index is 0.0298. The number of halogens is 5. The van der Waals surface area contributed by atoms with Crippen molar-refractivity contribution in [2.45, 2.75) is 5.75 Å². The van der Waals surface area contributed by atoms with Gasteiger partial charge in [0, 0.05) is 6.08 Å². The normalized spacial score (nSPS) is 12.0. The second-order valence-electron chi connectivity index (χ2n) is 5.67. The van der Waals surface area contributed by atoms with E-state index in [1.165, 1.54) is 32.4 Å². The highest BCUT2D eigenvalue weighted by Crippen LogP contribution is 2.30. The summed E-state index contributed by atoms with van der Waals surface area (Å²) in [4.78, 5) is 9.72. The first-order chi connectivity index (χ1) is 13.9. The molecule has 0 spiro atoms. The highest BCUT2D eigenvalue weighted by atomic mass is 32.2. The van der Waals surface area contributed by atoms with Gasteiger partial charge >= 0.3 is 5.03 Å². The standard InChI is InChI=1S/C17H12F5NO6S/c1-28-10-4-3-8(5-11(10)29-2)7-30(26,27)12(23(24)25)6-9-13(18)15(20)17(22)16(21)14(9)19/h3-6H,7H2,1-2H3/b12-6-. The molecule has 0 saturated heterocycles. The zero-order valence-electron chi connectivity index (χ0n) is 15.2. The van der Waals surface area contributed by atoms with Crippen LogP contribution >= 0.6 is 0 Å². The smallest absolute Gasteiger partial charge is 0.360 e. The monoisotopic (exact) mass is 453 g/mol. The van der Waals surface area contributed by atoms with Gasteiger partial charge in [-0.2, -0.15) is 0 Å². The molecule has 0 aliphatic rings. The number of hydrogen-bond acceptors (Lipinski definition) is 6. The first-order valence-corrected chi connectivity index (χ1v) is 9.41. The number of nitro groups is 1. The fourth-order valence-electron chi connectivity index (χ4n) is 2.39. The zero-order chi connectivity index (χ0) is 22.8. The van der Waals surface area contributed by atoms with Gasteiger partial charge in [-0.05, 0) is 17.7 Å². The van der Waals surface area contributed by atoms with E-state index >= 15 is 0 Å². The molecule has 0 amide bonds. The molecular formula is C17H12F5NO6S. The third-order valence-corrected chi connectivity index (χ3v) is 5.43. The van der Waals surface area contributed by atoms with E-state index in [4.69, 9.17) is 9.47 Å². The summed E-state index contributed by atoms with van der Waals surface area (Å²) >= 11 is 0. The minimum Gasteiger partial charge on any atom is -0.493 e.